The first-order valence-electron chi connectivity index (χ1n) is 9.26. The molecule has 31 heavy (non-hydrogen) atoms. The number of amides is 2. The Balaban J connectivity index is 1.65. The number of nitrogens with one attached hydrogen (secondary N) is 1. The Morgan fingerprint density at radius 2 is 1.77 bits per heavy atom. The van der Waals surface area contributed by atoms with E-state index in [2.05, 4.69) is 4.98 Å². The average Bonchev–Trinajstić information content (AvgIpc) is 3.25. The number of H-pyrrole nitrogens is 1. The fourth-order valence-electron chi connectivity index (χ4n) is 4.10. The van der Waals surface area contributed by atoms with Crippen LogP contribution >= 0.6 is 46.3 Å². The van der Waals surface area contributed by atoms with Crippen LogP contribution in [0.1, 0.15) is 16.4 Å². The predicted molar refractivity (Wildman–Crippen MR) is 122 cm³/mol. The van der Waals surface area contributed by atoms with Crippen molar-refractivity contribution in [3.63, 3.8) is 0 Å². The molecule has 158 valence electrons. The van der Waals surface area contributed by atoms with E-state index < -0.39 is 17.1 Å². The number of carbonyl (C=O) groups excluding carboxylic acids is 2. The number of halogens is 2. The quantitative estimate of drug-likeness (QED) is 0.542. The Morgan fingerprint density at radius 3 is 2.48 bits per heavy atom. The van der Waals surface area contributed by atoms with Crippen molar-refractivity contribution in [1.82, 2.24) is 4.98 Å². The van der Waals surface area contributed by atoms with Crippen LogP contribution < -0.4 is 14.5 Å². The maximum absolute atomic E-state index is 13.6. The molecule has 3 heterocycles. The van der Waals surface area contributed by atoms with Crippen LogP contribution in [-0.4, -0.2) is 29.2 Å². The standard InChI is InChI=1S/C21H14Cl2N2O4S2/c1-29-10-7-5-9(6-8-10)25-19(26)14-13(11-3-2-4-12(22)15(11)23)16-18(24-21(28)31-16)30-17(14)20(25)27/h2-8,13-14,17H,1H3,(H,24,28)/t13-,14?,17?/m1/s1. The molecule has 0 bridgehead atoms. The molecule has 1 saturated heterocycles. The Bertz CT molecular complexity index is 1270. The number of thiazole rings is 1. The molecule has 2 amide bonds. The van der Waals surface area contributed by atoms with E-state index in [1.807, 2.05) is 0 Å². The minimum absolute atomic E-state index is 0.243. The maximum Gasteiger partial charge on any atom is 0.305 e. The van der Waals surface area contributed by atoms with Crippen LogP contribution in [0.4, 0.5) is 5.69 Å². The van der Waals surface area contributed by atoms with E-state index in [1.165, 1.54) is 16.7 Å². The fraction of sp³-hybridized carbons (Fsp3) is 0.190. The summed E-state index contributed by atoms with van der Waals surface area (Å²) < 4.78 is 5.17. The van der Waals surface area contributed by atoms with Gasteiger partial charge in [-0.1, -0.05) is 58.4 Å². The number of benzene rings is 2. The molecule has 3 atom stereocenters. The monoisotopic (exact) mass is 492 g/mol. The lowest BCUT2D eigenvalue weighted by atomic mass is 9.83. The normalized spacial score (nSPS) is 22.4. The number of methoxy groups -OCH3 is 1. The Kier molecular flexibility index (Phi) is 5.13. The second-order valence-corrected chi connectivity index (χ2v) is 10.1. The van der Waals surface area contributed by atoms with E-state index in [0.29, 0.717) is 36.9 Å². The van der Waals surface area contributed by atoms with E-state index >= 15 is 0 Å². The largest absolute Gasteiger partial charge is 0.497 e. The van der Waals surface area contributed by atoms with Crippen molar-refractivity contribution >= 4 is 63.8 Å². The minimum Gasteiger partial charge on any atom is -0.497 e. The zero-order chi connectivity index (χ0) is 21.9. The van der Waals surface area contributed by atoms with Crippen molar-refractivity contribution in [2.75, 3.05) is 12.0 Å². The third kappa shape index (κ3) is 3.20. The van der Waals surface area contributed by atoms with Gasteiger partial charge in [0.2, 0.25) is 11.8 Å². The molecule has 1 aromatic heterocycles. The molecule has 1 N–H and O–H groups in total. The summed E-state index contributed by atoms with van der Waals surface area (Å²) in [6.45, 7) is 0. The van der Waals surface area contributed by atoms with Crippen LogP contribution in [0.15, 0.2) is 52.3 Å². The van der Waals surface area contributed by atoms with Crippen LogP contribution in [0.2, 0.25) is 10.0 Å². The van der Waals surface area contributed by atoms with Gasteiger partial charge in [0.25, 0.3) is 0 Å². The summed E-state index contributed by atoms with van der Waals surface area (Å²) in [4.78, 5) is 43.5. The summed E-state index contributed by atoms with van der Waals surface area (Å²) in [6.07, 6.45) is 0. The molecule has 2 aromatic carbocycles. The lowest BCUT2D eigenvalue weighted by Gasteiger charge is -2.30. The highest BCUT2D eigenvalue weighted by molar-refractivity contribution is 8.00. The molecule has 0 spiro atoms. The van der Waals surface area contributed by atoms with Crippen LogP contribution in [0.5, 0.6) is 5.75 Å². The number of aromatic amines is 1. The van der Waals surface area contributed by atoms with Gasteiger partial charge in [-0.15, -0.1) is 0 Å². The van der Waals surface area contributed by atoms with E-state index in [-0.39, 0.29) is 16.7 Å². The molecule has 10 heteroatoms. The average molecular weight is 493 g/mol. The van der Waals surface area contributed by atoms with Crippen LogP contribution in [0, 0.1) is 5.92 Å². The van der Waals surface area contributed by atoms with E-state index in [0.717, 1.165) is 11.3 Å². The summed E-state index contributed by atoms with van der Waals surface area (Å²) in [5.74, 6) is -1.31. The Morgan fingerprint density at radius 1 is 1.03 bits per heavy atom. The lowest BCUT2D eigenvalue weighted by Crippen LogP contribution is -2.32. The number of nitrogens with zero attached hydrogens (tertiary/aromatic N) is 1. The molecule has 3 aromatic rings. The SMILES string of the molecule is COc1ccc(N2C(=O)C3Sc4[nH]c(=O)sc4[C@H](c4cccc(Cl)c4Cl)C3C2=O)cc1. The second-order valence-electron chi connectivity index (χ2n) is 7.10. The topological polar surface area (TPSA) is 79.5 Å². The smallest absolute Gasteiger partial charge is 0.305 e. The van der Waals surface area contributed by atoms with Crippen molar-refractivity contribution in [2.45, 2.75) is 16.2 Å². The van der Waals surface area contributed by atoms with Crippen molar-refractivity contribution in [1.29, 1.82) is 0 Å². The van der Waals surface area contributed by atoms with Gasteiger partial charge in [0.1, 0.15) is 11.0 Å². The predicted octanol–water partition coefficient (Wildman–Crippen LogP) is 4.55. The van der Waals surface area contributed by atoms with Gasteiger partial charge >= 0.3 is 4.87 Å². The first-order valence-corrected chi connectivity index (χ1v) is 11.7. The highest BCUT2D eigenvalue weighted by atomic mass is 35.5. The van der Waals surface area contributed by atoms with Gasteiger partial charge in [0.15, 0.2) is 0 Å². The molecule has 0 radical (unpaired) electrons. The third-order valence-corrected chi connectivity index (χ3v) is 8.71. The van der Waals surface area contributed by atoms with E-state index in [4.69, 9.17) is 27.9 Å². The zero-order valence-electron chi connectivity index (χ0n) is 15.9. The molecule has 6 nitrogen and oxygen atoms in total. The molecule has 0 saturated carbocycles. The molecular weight excluding hydrogens is 479 g/mol. The molecule has 2 aliphatic rings. The van der Waals surface area contributed by atoms with E-state index in [1.54, 1.807) is 49.6 Å². The fourth-order valence-corrected chi connectivity index (χ4v) is 7.03. The molecular formula is C21H14Cl2N2O4S2. The summed E-state index contributed by atoms with van der Waals surface area (Å²) >= 11 is 15.0. The molecule has 2 aliphatic heterocycles. The lowest BCUT2D eigenvalue weighted by molar-refractivity contribution is -0.122. The number of hydrogen-bond donors (Lipinski definition) is 1. The first kappa shape index (κ1) is 20.6. The highest BCUT2D eigenvalue weighted by Crippen LogP contribution is 2.54. The third-order valence-electron chi connectivity index (χ3n) is 5.47. The first-order chi connectivity index (χ1) is 14.9. The number of hydrogen-bond acceptors (Lipinski definition) is 6. The summed E-state index contributed by atoms with van der Waals surface area (Å²) in [7, 11) is 1.55. The summed E-state index contributed by atoms with van der Waals surface area (Å²) in [5.41, 5.74) is 1.09. The Labute approximate surface area is 195 Å². The molecule has 5 rings (SSSR count). The molecule has 0 aliphatic carbocycles. The maximum atomic E-state index is 13.6. The van der Waals surface area contributed by atoms with Gasteiger partial charge in [0.05, 0.1) is 33.8 Å². The molecule has 1 fully saturated rings. The number of carbonyl (C=O) groups is 2. The van der Waals surface area contributed by atoms with Crippen LogP contribution in [0.3, 0.4) is 0 Å². The van der Waals surface area contributed by atoms with Crippen LogP contribution in [0.25, 0.3) is 0 Å². The van der Waals surface area contributed by atoms with Crippen molar-refractivity contribution in [2.24, 2.45) is 5.92 Å². The number of rotatable bonds is 3. The molecule has 2 unspecified atom stereocenters. The number of ether oxygens (including phenoxy) is 1. The number of anilines is 1. The summed E-state index contributed by atoms with van der Waals surface area (Å²) in [5, 5.41) is 0.569. The van der Waals surface area contributed by atoms with Crippen LogP contribution in [-0.2, 0) is 9.59 Å². The summed E-state index contributed by atoms with van der Waals surface area (Å²) in [6, 6.07) is 11.9. The number of thioether (sulfide) groups is 1. The van der Waals surface area contributed by atoms with Gasteiger partial charge in [-0.05, 0) is 35.9 Å². The minimum atomic E-state index is -0.713. The highest BCUT2D eigenvalue weighted by Gasteiger charge is 2.56. The van der Waals surface area contributed by atoms with Crippen molar-refractivity contribution in [3.8, 4) is 5.75 Å². The number of aromatic nitrogens is 1. The zero-order valence-corrected chi connectivity index (χ0v) is 19.1. The van der Waals surface area contributed by atoms with Crippen molar-refractivity contribution in [3.05, 3.63) is 72.6 Å². The second kappa shape index (κ2) is 7.70. The van der Waals surface area contributed by atoms with Gasteiger partial charge in [-0.25, -0.2) is 4.90 Å². The number of fused-ring (bicyclic) bond motifs is 2. The van der Waals surface area contributed by atoms with Crippen molar-refractivity contribution < 1.29 is 14.3 Å². The van der Waals surface area contributed by atoms with Gasteiger partial charge in [-0.2, -0.15) is 0 Å². The van der Waals surface area contributed by atoms with Gasteiger partial charge in [0, 0.05) is 10.8 Å². The van der Waals surface area contributed by atoms with E-state index in [9.17, 15) is 14.4 Å². The van der Waals surface area contributed by atoms with Gasteiger partial charge < -0.3 is 9.72 Å². The van der Waals surface area contributed by atoms with Gasteiger partial charge in [-0.3, -0.25) is 14.4 Å². The number of imide groups is 1. The Hall–Kier alpha value is -2.26.